The second-order valence-corrected chi connectivity index (χ2v) is 8.28. The number of halogens is 1. The van der Waals surface area contributed by atoms with Gasteiger partial charge in [-0.05, 0) is 48.4 Å². The summed E-state index contributed by atoms with van der Waals surface area (Å²) in [5, 5.41) is 3.34. The van der Waals surface area contributed by atoms with Gasteiger partial charge in [0, 0.05) is 22.5 Å². The van der Waals surface area contributed by atoms with Gasteiger partial charge in [-0.3, -0.25) is 9.00 Å². The van der Waals surface area contributed by atoms with Crippen LogP contribution in [0, 0.1) is 0 Å². The molecule has 0 fully saturated rings. The summed E-state index contributed by atoms with van der Waals surface area (Å²) in [5.74, 6) is 1.88. The minimum Gasteiger partial charge on any atom is -0.497 e. The molecule has 0 aliphatic heterocycles. The van der Waals surface area contributed by atoms with Crippen molar-refractivity contribution in [2.24, 2.45) is 0 Å². The number of rotatable bonds is 9. The van der Waals surface area contributed by atoms with Crippen molar-refractivity contribution >= 4 is 28.3 Å². The van der Waals surface area contributed by atoms with Crippen molar-refractivity contribution in [2.45, 2.75) is 17.1 Å². The zero-order chi connectivity index (χ0) is 21.5. The van der Waals surface area contributed by atoms with Gasteiger partial charge in [0.25, 0.3) is 5.91 Å². The summed E-state index contributed by atoms with van der Waals surface area (Å²) in [6.45, 7) is 0.409. The fourth-order valence-electron chi connectivity index (χ4n) is 2.85. The van der Waals surface area contributed by atoms with Gasteiger partial charge in [0.05, 0.1) is 30.8 Å². The van der Waals surface area contributed by atoms with Crippen molar-refractivity contribution in [3.05, 3.63) is 76.7 Å². The summed E-state index contributed by atoms with van der Waals surface area (Å²) < 4.78 is 28.6. The molecule has 0 bridgehead atoms. The summed E-state index contributed by atoms with van der Waals surface area (Å²) in [7, 11) is 1.87. The topological polar surface area (TPSA) is 77.8 Å². The molecule has 0 spiro atoms. The van der Waals surface area contributed by atoms with Gasteiger partial charge < -0.3 is 19.2 Å². The molecule has 1 amide bonds. The molecule has 30 heavy (non-hydrogen) atoms. The molecule has 1 heterocycles. The molecule has 0 aliphatic rings. The first-order valence-electron chi connectivity index (χ1n) is 9.22. The third-order valence-electron chi connectivity index (χ3n) is 4.39. The molecule has 0 unspecified atom stereocenters. The maximum Gasteiger partial charge on any atom is 0.287 e. The highest BCUT2D eigenvalue weighted by atomic mass is 35.5. The predicted molar refractivity (Wildman–Crippen MR) is 116 cm³/mol. The molecule has 0 saturated carbocycles. The molecule has 158 valence electrons. The molecule has 1 N–H and O–H groups in total. The second kappa shape index (κ2) is 10.3. The number of carbonyl (C=O) groups excluding carboxylic acids is 1. The van der Waals surface area contributed by atoms with Gasteiger partial charge in [0.2, 0.25) is 0 Å². The number of carbonyl (C=O) groups is 1. The van der Waals surface area contributed by atoms with Crippen LogP contribution in [0.1, 0.15) is 21.9 Å². The van der Waals surface area contributed by atoms with Gasteiger partial charge in [-0.15, -0.1) is 0 Å². The van der Waals surface area contributed by atoms with E-state index in [4.69, 9.17) is 25.5 Å². The zero-order valence-electron chi connectivity index (χ0n) is 16.6. The van der Waals surface area contributed by atoms with E-state index in [1.165, 1.54) is 0 Å². The Morgan fingerprint density at radius 3 is 2.67 bits per heavy atom. The van der Waals surface area contributed by atoms with Crippen LogP contribution in [0.3, 0.4) is 0 Å². The SMILES string of the molecule is COc1ccc(CCNC(=O)c2ccc(C[S@](=O)c3cccc(Cl)c3)o2)c(OC)c1. The molecule has 3 rings (SSSR count). The van der Waals surface area contributed by atoms with Crippen molar-refractivity contribution in [1.82, 2.24) is 5.32 Å². The number of amides is 1. The maximum absolute atomic E-state index is 12.5. The van der Waals surface area contributed by atoms with Crippen LogP contribution in [0.5, 0.6) is 11.5 Å². The lowest BCUT2D eigenvalue weighted by Gasteiger charge is -2.10. The lowest BCUT2D eigenvalue weighted by molar-refractivity contribution is 0.0925. The normalized spacial score (nSPS) is 11.7. The third-order valence-corrected chi connectivity index (χ3v) is 5.95. The molecular weight excluding hydrogens is 426 g/mol. The summed E-state index contributed by atoms with van der Waals surface area (Å²) in [6.07, 6.45) is 0.589. The lowest BCUT2D eigenvalue weighted by Crippen LogP contribution is -2.25. The highest BCUT2D eigenvalue weighted by molar-refractivity contribution is 7.84. The Morgan fingerprint density at radius 2 is 1.93 bits per heavy atom. The second-order valence-electron chi connectivity index (χ2n) is 6.40. The monoisotopic (exact) mass is 447 g/mol. The van der Waals surface area contributed by atoms with Crippen molar-refractivity contribution in [3.63, 3.8) is 0 Å². The van der Waals surface area contributed by atoms with Crippen LogP contribution < -0.4 is 14.8 Å². The summed E-state index contributed by atoms with van der Waals surface area (Å²) in [5.41, 5.74) is 0.954. The fraction of sp³-hybridized carbons (Fsp3) is 0.227. The van der Waals surface area contributed by atoms with E-state index in [0.717, 1.165) is 5.56 Å². The maximum atomic E-state index is 12.5. The van der Waals surface area contributed by atoms with Crippen LogP contribution in [-0.2, 0) is 23.0 Å². The van der Waals surface area contributed by atoms with E-state index in [0.29, 0.717) is 40.1 Å². The van der Waals surface area contributed by atoms with E-state index < -0.39 is 10.8 Å². The van der Waals surface area contributed by atoms with Crippen LogP contribution in [0.4, 0.5) is 0 Å². The average molecular weight is 448 g/mol. The first-order chi connectivity index (χ1) is 14.5. The standard InChI is InChI=1S/C22H22ClNO5S/c1-27-17-7-6-15(21(13-17)28-2)10-11-24-22(25)20-9-8-18(29-20)14-30(26)19-5-3-4-16(23)12-19/h3-9,12-13H,10-11,14H2,1-2H3,(H,24,25)/t30-/m0/s1. The Labute approximate surface area is 182 Å². The summed E-state index contributed by atoms with van der Waals surface area (Å²) >= 11 is 5.94. The predicted octanol–water partition coefficient (Wildman–Crippen LogP) is 4.23. The molecule has 0 aliphatic carbocycles. The first-order valence-corrected chi connectivity index (χ1v) is 10.9. The summed E-state index contributed by atoms with van der Waals surface area (Å²) in [4.78, 5) is 13.0. The number of furan rings is 1. The smallest absolute Gasteiger partial charge is 0.287 e. The number of ether oxygens (including phenoxy) is 2. The molecule has 0 saturated heterocycles. The fourth-order valence-corrected chi connectivity index (χ4v) is 4.18. The average Bonchev–Trinajstić information content (AvgIpc) is 3.22. The zero-order valence-corrected chi connectivity index (χ0v) is 18.2. The largest absolute Gasteiger partial charge is 0.497 e. The van der Waals surface area contributed by atoms with Crippen molar-refractivity contribution < 1.29 is 22.9 Å². The molecule has 8 heteroatoms. The van der Waals surface area contributed by atoms with E-state index in [2.05, 4.69) is 5.32 Å². The number of hydrogen-bond acceptors (Lipinski definition) is 5. The van der Waals surface area contributed by atoms with E-state index >= 15 is 0 Å². The van der Waals surface area contributed by atoms with Crippen molar-refractivity contribution in [1.29, 1.82) is 0 Å². The van der Waals surface area contributed by atoms with E-state index in [-0.39, 0.29) is 17.4 Å². The lowest BCUT2D eigenvalue weighted by atomic mass is 10.1. The Hall–Kier alpha value is -2.77. The number of methoxy groups -OCH3 is 2. The van der Waals surface area contributed by atoms with Gasteiger partial charge >= 0.3 is 0 Å². The molecule has 0 radical (unpaired) electrons. The van der Waals surface area contributed by atoms with Gasteiger partial charge in [-0.2, -0.15) is 0 Å². The Bertz CT molecular complexity index is 1050. The molecule has 2 aromatic carbocycles. The molecule has 1 atom stereocenters. The van der Waals surface area contributed by atoms with Crippen LogP contribution >= 0.6 is 11.6 Å². The van der Waals surface area contributed by atoms with Gasteiger partial charge in [0.15, 0.2) is 5.76 Å². The van der Waals surface area contributed by atoms with E-state index in [1.54, 1.807) is 56.7 Å². The molecule has 6 nitrogen and oxygen atoms in total. The first kappa shape index (κ1) is 21.9. The van der Waals surface area contributed by atoms with Gasteiger partial charge in [-0.25, -0.2) is 0 Å². The van der Waals surface area contributed by atoms with Crippen molar-refractivity contribution in [3.8, 4) is 11.5 Å². The van der Waals surface area contributed by atoms with E-state index in [9.17, 15) is 9.00 Å². The van der Waals surface area contributed by atoms with Gasteiger partial charge in [-0.1, -0.05) is 23.7 Å². The molecular formula is C22H22ClNO5S. The minimum absolute atomic E-state index is 0.163. The quantitative estimate of drug-likeness (QED) is 0.531. The highest BCUT2D eigenvalue weighted by Gasteiger charge is 2.14. The van der Waals surface area contributed by atoms with Crippen LogP contribution in [0.15, 0.2) is 63.9 Å². The van der Waals surface area contributed by atoms with Crippen LogP contribution in [0.25, 0.3) is 0 Å². The Kier molecular flexibility index (Phi) is 7.54. The minimum atomic E-state index is -1.32. The van der Waals surface area contributed by atoms with E-state index in [1.807, 2.05) is 12.1 Å². The number of hydrogen-bond donors (Lipinski definition) is 1. The van der Waals surface area contributed by atoms with Crippen molar-refractivity contribution in [2.75, 3.05) is 20.8 Å². The Morgan fingerprint density at radius 1 is 1.10 bits per heavy atom. The number of benzene rings is 2. The Balaban J connectivity index is 1.54. The number of nitrogens with one attached hydrogen (secondary N) is 1. The highest BCUT2D eigenvalue weighted by Crippen LogP contribution is 2.24. The summed E-state index contributed by atoms with van der Waals surface area (Å²) in [6, 6.07) is 15.6. The van der Waals surface area contributed by atoms with Crippen LogP contribution in [0.2, 0.25) is 5.02 Å². The van der Waals surface area contributed by atoms with Crippen LogP contribution in [-0.4, -0.2) is 30.9 Å². The third kappa shape index (κ3) is 5.64. The molecule has 3 aromatic rings. The molecule has 1 aromatic heterocycles. The van der Waals surface area contributed by atoms with Gasteiger partial charge in [0.1, 0.15) is 17.3 Å².